The molecule has 2 heterocycles. The van der Waals surface area contributed by atoms with E-state index >= 15 is 0 Å². The van der Waals surface area contributed by atoms with Crippen molar-refractivity contribution >= 4 is 0 Å². The van der Waals surface area contributed by atoms with Gasteiger partial charge in [-0.3, -0.25) is 5.43 Å². The third-order valence-electron chi connectivity index (χ3n) is 2.62. The average Bonchev–Trinajstić information content (AvgIpc) is 2.69. The van der Waals surface area contributed by atoms with Crippen LogP contribution in [0.15, 0.2) is 12.2 Å². The first-order valence-electron chi connectivity index (χ1n) is 5.20. The van der Waals surface area contributed by atoms with Crippen LogP contribution < -0.4 is 5.43 Å². The molecule has 1 N–H and O–H groups in total. The summed E-state index contributed by atoms with van der Waals surface area (Å²) in [7, 11) is 0. The normalized spacial score (nSPS) is 29.7. The van der Waals surface area contributed by atoms with Crippen molar-refractivity contribution in [2.75, 3.05) is 26.2 Å². The Kier molecular flexibility index (Phi) is 3.35. The molecule has 0 spiro atoms. The molecule has 1 saturated heterocycles. The Morgan fingerprint density at radius 3 is 3.15 bits per heavy atom. The van der Waals surface area contributed by atoms with Crippen LogP contribution in [0.1, 0.15) is 19.3 Å². The highest BCUT2D eigenvalue weighted by molar-refractivity contribution is 4.89. The van der Waals surface area contributed by atoms with E-state index in [9.17, 15) is 0 Å². The SMILES string of the molecule is C1=CCN(NCC2CCCO2)CC1. The molecular weight excluding hydrogens is 164 g/mol. The summed E-state index contributed by atoms with van der Waals surface area (Å²) in [5.74, 6) is 0. The van der Waals surface area contributed by atoms with Crippen molar-refractivity contribution in [3.05, 3.63) is 12.2 Å². The fourth-order valence-electron chi connectivity index (χ4n) is 1.82. The van der Waals surface area contributed by atoms with Gasteiger partial charge in [0.1, 0.15) is 0 Å². The lowest BCUT2D eigenvalue weighted by molar-refractivity contribution is 0.0826. The maximum atomic E-state index is 5.54. The Labute approximate surface area is 79.7 Å². The molecule has 13 heavy (non-hydrogen) atoms. The van der Waals surface area contributed by atoms with Crippen molar-refractivity contribution in [1.29, 1.82) is 0 Å². The maximum absolute atomic E-state index is 5.54. The third-order valence-corrected chi connectivity index (χ3v) is 2.62. The molecule has 0 aromatic rings. The number of hydrazine groups is 1. The molecule has 0 bridgehead atoms. The van der Waals surface area contributed by atoms with E-state index in [-0.39, 0.29) is 0 Å². The van der Waals surface area contributed by atoms with Crippen molar-refractivity contribution in [3.63, 3.8) is 0 Å². The summed E-state index contributed by atoms with van der Waals surface area (Å²) >= 11 is 0. The van der Waals surface area contributed by atoms with Crippen molar-refractivity contribution < 1.29 is 4.74 Å². The molecule has 0 radical (unpaired) electrons. The van der Waals surface area contributed by atoms with Gasteiger partial charge in [0.15, 0.2) is 0 Å². The molecule has 3 heteroatoms. The third kappa shape index (κ3) is 2.79. The van der Waals surface area contributed by atoms with E-state index in [1.54, 1.807) is 0 Å². The van der Waals surface area contributed by atoms with Crippen LogP contribution in [0.5, 0.6) is 0 Å². The summed E-state index contributed by atoms with van der Waals surface area (Å²) in [5, 5.41) is 2.27. The number of rotatable bonds is 3. The van der Waals surface area contributed by atoms with Crippen LogP contribution in [0.2, 0.25) is 0 Å². The molecule has 2 aliphatic rings. The lowest BCUT2D eigenvalue weighted by Gasteiger charge is -2.25. The second kappa shape index (κ2) is 4.74. The van der Waals surface area contributed by atoms with Crippen LogP contribution in [-0.2, 0) is 4.74 Å². The van der Waals surface area contributed by atoms with Crippen molar-refractivity contribution in [3.8, 4) is 0 Å². The number of hydrogen-bond acceptors (Lipinski definition) is 3. The maximum Gasteiger partial charge on any atom is 0.0714 e. The second-order valence-electron chi connectivity index (χ2n) is 3.70. The lowest BCUT2D eigenvalue weighted by Crippen LogP contribution is -2.43. The van der Waals surface area contributed by atoms with Gasteiger partial charge in [-0.2, -0.15) is 0 Å². The molecule has 0 amide bonds. The van der Waals surface area contributed by atoms with Crippen LogP contribution in [0, 0.1) is 0 Å². The van der Waals surface area contributed by atoms with E-state index in [0.717, 1.165) is 26.2 Å². The Hall–Kier alpha value is -0.380. The fourth-order valence-corrected chi connectivity index (χ4v) is 1.82. The zero-order chi connectivity index (χ0) is 8.93. The Balaban J connectivity index is 1.63. The molecule has 74 valence electrons. The summed E-state index contributed by atoms with van der Waals surface area (Å²) in [4.78, 5) is 0. The molecule has 0 saturated carbocycles. The van der Waals surface area contributed by atoms with Gasteiger partial charge in [0.05, 0.1) is 6.10 Å². The lowest BCUT2D eigenvalue weighted by atomic mass is 10.2. The van der Waals surface area contributed by atoms with Gasteiger partial charge in [0, 0.05) is 26.2 Å². The summed E-state index contributed by atoms with van der Waals surface area (Å²) in [5.41, 5.74) is 3.42. The van der Waals surface area contributed by atoms with Gasteiger partial charge < -0.3 is 4.74 Å². The van der Waals surface area contributed by atoms with E-state index in [1.165, 1.54) is 19.3 Å². The minimum atomic E-state index is 0.450. The first-order valence-corrected chi connectivity index (χ1v) is 5.20. The van der Waals surface area contributed by atoms with Gasteiger partial charge in [-0.1, -0.05) is 12.2 Å². The molecule has 1 atom stereocenters. The van der Waals surface area contributed by atoms with Crippen LogP contribution in [0.3, 0.4) is 0 Å². The first-order chi connectivity index (χ1) is 6.45. The van der Waals surface area contributed by atoms with E-state index in [2.05, 4.69) is 22.6 Å². The van der Waals surface area contributed by atoms with Gasteiger partial charge in [0.25, 0.3) is 0 Å². The summed E-state index contributed by atoms with van der Waals surface area (Å²) in [6.45, 7) is 4.09. The van der Waals surface area contributed by atoms with E-state index in [0.29, 0.717) is 6.10 Å². The minimum Gasteiger partial charge on any atom is -0.377 e. The van der Waals surface area contributed by atoms with Crippen molar-refractivity contribution in [1.82, 2.24) is 10.4 Å². The number of hydrogen-bond donors (Lipinski definition) is 1. The molecule has 2 rings (SSSR count). The predicted molar refractivity (Wildman–Crippen MR) is 52.3 cm³/mol. The summed E-state index contributed by atoms with van der Waals surface area (Å²) in [6, 6.07) is 0. The molecule has 0 aliphatic carbocycles. The van der Waals surface area contributed by atoms with Gasteiger partial charge in [-0.05, 0) is 19.3 Å². The zero-order valence-corrected chi connectivity index (χ0v) is 8.04. The number of nitrogens with one attached hydrogen (secondary N) is 1. The van der Waals surface area contributed by atoms with Gasteiger partial charge in [-0.15, -0.1) is 0 Å². The molecule has 2 aliphatic heterocycles. The molecule has 1 fully saturated rings. The monoisotopic (exact) mass is 182 g/mol. The standard InChI is InChI=1S/C10H18N2O/c1-2-6-12(7-3-1)11-9-10-5-4-8-13-10/h1-2,10-11H,3-9H2. The number of nitrogens with zero attached hydrogens (tertiary/aromatic N) is 1. The highest BCUT2D eigenvalue weighted by Gasteiger charge is 2.16. The largest absolute Gasteiger partial charge is 0.377 e. The smallest absolute Gasteiger partial charge is 0.0714 e. The Morgan fingerprint density at radius 2 is 2.46 bits per heavy atom. The van der Waals surface area contributed by atoms with Crippen LogP contribution in [-0.4, -0.2) is 37.4 Å². The van der Waals surface area contributed by atoms with Crippen molar-refractivity contribution in [2.24, 2.45) is 0 Å². The predicted octanol–water partition coefficient (Wildman–Crippen LogP) is 0.932. The van der Waals surface area contributed by atoms with Gasteiger partial charge >= 0.3 is 0 Å². The molecule has 1 unspecified atom stereocenters. The van der Waals surface area contributed by atoms with Crippen LogP contribution >= 0.6 is 0 Å². The second-order valence-corrected chi connectivity index (χ2v) is 3.70. The molecule has 0 aromatic heterocycles. The van der Waals surface area contributed by atoms with Gasteiger partial charge in [-0.25, -0.2) is 5.01 Å². The van der Waals surface area contributed by atoms with Crippen molar-refractivity contribution in [2.45, 2.75) is 25.4 Å². The summed E-state index contributed by atoms with van der Waals surface area (Å²) < 4.78 is 5.54. The van der Waals surface area contributed by atoms with Gasteiger partial charge in [0.2, 0.25) is 0 Å². The topological polar surface area (TPSA) is 24.5 Å². The molecule has 0 aromatic carbocycles. The van der Waals surface area contributed by atoms with E-state index < -0.39 is 0 Å². The van der Waals surface area contributed by atoms with E-state index in [1.807, 2.05) is 0 Å². The average molecular weight is 182 g/mol. The van der Waals surface area contributed by atoms with Crippen LogP contribution in [0.25, 0.3) is 0 Å². The molecule has 3 nitrogen and oxygen atoms in total. The molecular formula is C10H18N2O. The number of ether oxygens (including phenoxy) is 1. The minimum absolute atomic E-state index is 0.450. The highest BCUT2D eigenvalue weighted by Crippen LogP contribution is 2.10. The first kappa shape index (κ1) is 9.19. The quantitative estimate of drug-likeness (QED) is 0.657. The van der Waals surface area contributed by atoms with E-state index in [4.69, 9.17) is 4.74 Å². The summed E-state index contributed by atoms with van der Waals surface area (Å²) in [6.07, 6.45) is 8.52. The van der Waals surface area contributed by atoms with Crippen LogP contribution in [0.4, 0.5) is 0 Å². The Morgan fingerprint density at radius 1 is 1.46 bits per heavy atom. The Bertz CT molecular complexity index is 176. The fraction of sp³-hybridized carbons (Fsp3) is 0.800. The highest BCUT2D eigenvalue weighted by atomic mass is 16.5. The zero-order valence-electron chi connectivity index (χ0n) is 8.04.